The number of amides is 1. The van der Waals surface area contributed by atoms with Gasteiger partial charge >= 0.3 is 0 Å². The van der Waals surface area contributed by atoms with Crippen molar-refractivity contribution in [3.05, 3.63) is 94.8 Å². The number of pyridine rings is 1. The van der Waals surface area contributed by atoms with Gasteiger partial charge < -0.3 is 5.32 Å². The summed E-state index contributed by atoms with van der Waals surface area (Å²) in [7, 11) is 0. The van der Waals surface area contributed by atoms with Crippen molar-refractivity contribution in [3.8, 4) is 5.82 Å². The average Bonchev–Trinajstić information content (AvgIpc) is 3.44. The normalized spacial score (nSPS) is 11.0. The minimum Gasteiger partial charge on any atom is -0.321 e. The van der Waals surface area contributed by atoms with Crippen LogP contribution in [-0.4, -0.2) is 25.4 Å². The van der Waals surface area contributed by atoms with E-state index < -0.39 is 0 Å². The third kappa shape index (κ3) is 4.28. The monoisotopic (exact) mass is 457 g/mol. The summed E-state index contributed by atoms with van der Waals surface area (Å²) in [6.07, 6.45) is 3.42. The van der Waals surface area contributed by atoms with E-state index in [0.29, 0.717) is 11.3 Å². The smallest absolute Gasteiger partial charge is 0.256 e. The number of nitrogens with one attached hydrogen (secondary N) is 1. The summed E-state index contributed by atoms with van der Waals surface area (Å²) in [6, 6.07) is 19.2. The Hall–Kier alpha value is -3.49. The van der Waals surface area contributed by atoms with Gasteiger partial charge in [0.25, 0.3) is 5.91 Å². The van der Waals surface area contributed by atoms with Crippen molar-refractivity contribution in [1.29, 1.82) is 0 Å². The van der Waals surface area contributed by atoms with Crippen molar-refractivity contribution >= 4 is 45.7 Å². The Morgan fingerprint density at radius 3 is 2.72 bits per heavy atom. The maximum Gasteiger partial charge on any atom is 0.256 e. The number of hydrogen-bond donors (Lipinski definition) is 1. The van der Waals surface area contributed by atoms with Gasteiger partial charge in [-0.15, -0.1) is 23.1 Å². The number of thioether (sulfide) groups is 1. The number of aryl methyl sites for hydroxylation is 1. The van der Waals surface area contributed by atoms with E-state index in [9.17, 15) is 4.79 Å². The molecule has 3 heterocycles. The summed E-state index contributed by atoms with van der Waals surface area (Å²) < 4.78 is 1.92. The maximum atomic E-state index is 13.0. The molecule has 0 bridgehead atoms. The van der Waals surface area contributed by atoms with Crippen LogP contribution >= 0.6 is 23.1 Å². The molecule has 0 aliphatic rings. The zero-order chi connectivity index (χ0) is 21.9. The topological polar surface area (TPSA) is 72.7 Å². The van der Waals surface area contributed by atoms with E-state index in [1.807, 2.05) is 72.2 Å². The van der Waals surface area contributed by atoms with Crippen LogP contribution in [0.25, 0.3) is 16.9 Å². The van der Waals surface area contributed by atoms with Crippen LogP contribution in [0, 0.1) is 6.92 Å². The van der Waals surface area contributed by atoms with Crippen LogP contribution in [0.4, 0.5) is 5.69 Å². The van der Waals surface area contributed by atoms with Crippen LogP contribution in [0.2, 0.25) is 0 Å². The van der Waals surface area contributed by atoms with Crippen LogP contribution in [-0.2, 0) is 5.75 Å². The predicted octanol–water partition coefficient (Wildman–Crippen LogP) is 5.73. The molecule has 158 valence electrons. The van der Waals surface area contributed by atoms with Gasteiger partial charge in [0, 0.05) is 16.0 Å². The fourth-order valence-electron chi connectivity index (χ4n) is 3.35. The highest BCUT2D eigenvalue weighted by atomic mass is 32.2. The molecular formula is C24H19N5OS2. The van der Waals surface area contributed by atoms with E-state index in [0.717, 1.165) is 38.2 Å². The Balaban J connectivity index is 1.31. The van der Waals surface area contributed by atoms with Crippen molar-refractivity contribution in [2.24, 2.45) is 0 Å². The molecule has 0 saturated heterocycles. The van der Waals surface area contributed by atoms with Gasteiger partial charge in [0.05, 0.1) is 39.2 Å². The number of aromatic nitrogens is 4. The zero-order valence-electron chi connectivity index (χ0n) is 17.2. The minimum atomic E-state index is -0.162. The van der Waals surface area contributed by atoms with Gasteiger partial charge in [-0.25, -0.2) is 15.0 Å². The second-order valence-corrected chi connectivity index (χ2v) is 9.18. The lowest BCUT2D eigenvalue weighted by molar-refractivity contribution is 0.102. The summed E-state index contributed by atoms with van der Waals surface area (Å²) in [5, 5.41) is 6.06. The Kier molecular flexibility index (Phi) is 5.70. The molecule has 6 nitrogen and oxygen atoms in total. The summed E-state index contributed by atoms with van der Waals surface area (Å²) in [5.41, 5.74) is 4.19. The van der Waals surface area contributed by atoms with E-state index in [1.54, 1.807) is 35.6 Å². The number of carbonyl (C=O) groups excluding carboxylic acids is 1. The third-order valence-electron chi connectivity index (χ3n) is 4.88. The predicted molar refractivity (Wildman–Crippen MR) is 130 cm³/mol. The average molecular weight is 458 g/mol. The van der Waals surface area contributed by atoms with Crippen molar-refractivity contribution in [2.45, 2.75) is 17.6 Å². The number of imidazole rings is 1. The van der Waals surface area contributed by atoms with E-state index in [1.165, 1.54) is 0 Å². The van der Waals surface area contributed by atoms with Crippen LogP contribution in [0.15, 0.2) is 83.5 Å². The fourth-order valence-corrected chi connectivity index (χ4v) is 5.01. The lowest BCUT2D eigenvalue weighted by Crippen LogP contribution is -2.13. The van der Waals surface area contributed by atoms with Gasteiger partial charge in [-0.3, -0.25) is 9.36 Å². The minimum absolute atomic E-state index is 0.162. The van der Waals surface area contributed by atoms with E-state index >= 15 is 0 Å². The first-order valence-corrected chi connectivity index (χ1v) is 11.9. The van der Waals surface area contributed by atoms with Crippen molar-refractivity contribution < 1.29 is 4.79 Å². The molecule has 0 spiro atoms. The van der Waals surface area contributed by atoms with E-state index in [-0.39, 0.29) is 5.91 Å². The molecule has 32 heavy (non-hydrogen) atoms. The summed E-state index contributed by atoms with van der Waals surface area (Å²) >= 11 is 3.25. The highest BCUT2D eigenvalue weighted by Gasteiger charge is 2.13. The Morgan fingerprint density at radius 1 is 1.06 bits per heavy atom. The van der Waals surface area contributed by atoms with Crippen LogP contribution < -0.4 is 5.32 Å². The number of anilines is 1. The molecule has 0 aliphatic heterocycles. The summed E-state index contributed by atoms with van der Waals surface area (Å²) in [6.45, 7) is 1.99. The standard InChI is InChI=1S/C24H19N5OS2/c1-16-27-18(13-31-16)14-32-22-9-5-2-6-19(22)24(30)28-17-10-11-23(25-12-17)29-15-26-20-7-3-4-8-21(20)29/h2-13,15H,14H2,1H3,(H,28,30). The molecule has 8 heteroatoms. The largest absolute Gasteiger partial charge is 0.321 e. The zero-order valence-corrected chi connectivity index (χ0v) is 18.9. The number of nitrogens with zero attached hydrogens (tertiary/aromatic N) is 4. The van der Waals surface area contributed by atoms with Crippen LogP contribution in [0.3, 0.4) is 0 Å². The number of carbonyl (C=O) groups is 1. The van der Waals surface area contributed by atoms with Gasteiger partial charge in [0.2, 0.25) is 0 Å². The van der Waals surface area contributed by atoms with Crippen LogP contribution in [0.5, 0.6) is 0 Å². The number of para-hydroxylation sites is 2. The molecule has 0 atom stereocenters. The summed E-state index contributed by atoms with van der Waals surface area (Å²) in [4.78, 5) is 27.3. The Labute approximate surface area is 193 Å². The molecule has 0 aliphatic carbocycles. The van der Waals surface area contributed by atoms with Gasteiger partial charge in [-0.2, -0.15) is 0 Å². The first-order chi connectivity index (χ1) is 15.7. The molecule has 1 N–H and O–H groups in total. The van der Waals surface area contributed by atoms with Gasteiger partial charge in [0.1, 0.15) is 12.1 Å². The highest BCUT2D eigenvalue weighted by Crippen LogP contribution is 2.27. The number of fused-ring (bicyclic) bond motifs is 1. The molecule has 5 aromatic rings. The molecule has 0 unspecified atom stereocenters. The highest BCUT2D eigenvalue weighted by molar-refractivity contribution is 7.98. The van der Waals surface area contributed by atoms with Gasteiger partial charge in [0.15, 0.2) is 0 Å². The lowest BCUT2D eigenvalue weighted by Gasteiger charge is -2.10. The quantitative estimate of drug-likeness (QED) is 0.330. The van der Waals surface area contributed by atoms with Crippen molar-refractivity contribution in [3.63, 3.8) is 0 Å². The third-order valence-corrected chi connectivity index (χ3v) is 6.81. The molecule has 3 aromatic heterocycles. The van der Waals surface area contributed by atoms with E-state index in [4.69, 9.17) is 0 Å². The Morgan fingerprint density at radius 2 is 1.91 bits per heavy atom. The number of hydrogen-bond acceptors (Lipinski definition) is 6. The molecule has 0 radical (unpaired) electrons. The van der Waals surface area contributed by atoms with E-state index in [2.05, 4.69) is 25.6 Å². The summed E-state index contributed by atoms with van der Waals surface area (Å²) in [5.74, 6) is 1.31. The van der Waals surface area contributed by atoms with Crippen LogP contribution in [0.1, 0.15) is 21.1 Å². The molecule has 0 fully saturated rings. The van der Waals surface area contributed by atoms with Crippen molar-refractivity contribution in [1.82, 2.24) is 19.5 Å². The Bertz CT molecular complexity index is 1390. The SMILES string of the molecule is Cc1nc(CSc2ccccc2C(=O)Nc2ccc(-n3cnc4ccccc43)nc2)cs1. The molecular weight excluding hydrogens is 438 g/mol. The second-order valence-electron chi connectivity index (χ2n) is 7.11. The fraction of sp³-hybridized carbons (Fsp3) is 0.0833. The number of benzene rings is 2. The van der Waals surface area contributed by atoms with Crippen molar-refractivity contribution in [2.75, 3.05) is 5.32 Å². The molecule has 1 amide bonds. The molecule has 2 aromatic carbocycles. The lowest BCUT2D eigenvalue weighted by atomic mass is 10.2. The van der Waals surface area contributed by atoms with Gasteiger partial charge in [-0.05, 0) is 43.3 Å². The molecule has 0 saturated carbocycles. The number of rotatable bonds is 6. The van der Waals surface area contributed by atoms with Gasteiger partial charge in [-0.1, -0.05) is 24.3 Å². The first kappa shape index (κ1) is 20.4. The number of thiazole rings is 1. The second kappa shape index (κ2) is 8.94. The molecule has 5 rings (SSSR count). The first-order valence-electron chi connectivity index (χ1n) is 10.00. The maximum absolute atomic E-state index is 13.0.